The van der Waals surface area contributed by atoms with E-state index >= 15 is 0 Å². The van der Waals surface area contributed by atoms with E-state index in [1.54, 1.807) is 13.2 Å². The van der Waals surface area contributed by atoms with Crippen LogP contribution in [0.15, 0.2) is 68.0 Å². The maximum absolute atomic E-state index is 12.3. The Bertz CT molecular complexity index is 1280. The lowest BCUT2D eigenvalue weighted by molar-refractivity contribution is -0.125. The molecule has 2 N–H and O–H groups in total. The lowest BCUT2D eigenvalue weighted by atomic mass is 9.90. The van der Waals surface area contributed by atoms with Gasteiger partial charge < -0.3 is 20.0 Å². The van der Waals surface area contributed by atoms with Crippen LogP contribution in [-0.4, -0.2) is 46.7 Å². The van der Waals surface area contributed by atoms with E-state index in [0.29, 0.717) is 25.3 Å². The highest BCUT2D eigenvalue weighted by Crippen LogP contribution is 2.30. The SMILES string of the molecule is C=Cc1ccc(CCC2CCCCN2C(=C)c2ccc(-c3ncc[nH]3)cc2)cc1CCC(CCC=O)C(=O)NC. The number of hydrogen-bond acceptors (Lipinski definition) is 4. The summed E-state index contributed by atoms with van der Waals surface area (Å²) in [5, 5.41) is 2.75. The lowest BCUT2D eigenvalue weighted by Gasteiger charge is -2.39. The van der Waals surface area contributed by atoms with Crippen LogP contribution in [0.3, 0.4) is 0 Å². The summed E-state index contributed by atoms with van der Waals surface area (Å²) in [7, 11) is 1.66. The minimum absolute atomic E-state index is 0.00591. The van der Waals surface area contributed by atoms with Crippen molar-refractivity contribution in [3.8, 4) is 11.4 Å². The van der Waals surface area contributed by atoms with Gasteiger partial charge in [-0.1, -0.05) is 61.7 Å². The Kier molecular flexibility index (Phi) is 10.5. The second kappa shape index (κ2) is 14.5. The Balaban J connectivity index is 1.41. The topological polar surface area (TPSA) is 78.1 Å². The molecule has 2 heterocycles. The number of nitrogens with one attached hydrogen (secondary N) is 2. The Morgan fingerprint density at radius 1 is 1.18 bits per heavy atom. The molecule has 40 heavy (non-hydrogen) atoms. The Morgan fingerprint density at radius 3 is 2.70 bits per heavy atom. The predicted molar refractivity (Wildman–Crippen MR) is 163 cm³/mol. The molecule has 0 spiro atoms. The fraction of sp³-hybridized carbons (Fsp3) is 0.382. The van der Waals surface area contributed by atoms with Gasteiger partial charge in [0.05, 0.1) is 0 Å². The number of rotatable bonds is 14. The van der Waals surface area contributed by atoms with Crippen LogP contribution in [0.1, 0.15) is 67.2 Å². The van der Waals surface area contributed by atoms with Crippen molar-refractivity contribution in [3.63, 3.8) is 0 Å². The maximum atomic E-state index is 12.3. The van der Waals surface area contributed by atoms with E-state index in [1.807, 2.05) is 12.3 Å². The van der Waals surface area contributed by atoms with Gasteiger partial charge in [0.1, 0.15) is 12.1 Å². The second-order valence-corrected chi connectivity index (χ2v) is 10.7. The standard InChI is InChI=1S/C34H42N4O2/c1-4-27-12-10-26(24-31(27)18-17-30(8-7-23-39)34(40)35-3)11-19-32-9-5-6-22-38(32)25(2)28-13-15-29(16-14-28)33-36-20-21-37-33/h4,10,12-16,20-21,23-24,30,32H,1-2,5-9,11,17-19,22H2,3H3,(H,35,40)(H,36,37). The van der Waals surface area contributed by atoms with Gasteiger partial charge in [0.2, 0.25) is 5.91 Å². The minimum Gasteiger partial charge on any atom is -0.369 e. The first-order valence-electron chi connectivity index (χ1n) is 14.5. The number of imidazole rings is 1. The molecule has 1 amide bonds. The van der Waals surface area contributed by atoms with Crippen molar-refractivity contribution in [1.82, 2.24) is 20.2 Å². The molecule has 0 radical (unpaired) electrons. The van der Waals surface area contributed by atoms with Crippen LogP contribution in [0, 0.1) is 5.92 Å². The van der Waals surface area contributed by atoms with E-state index in [1.165, 1.54) is 30.4 Å². The van der Waals surface area contributed by atoms with E-state index in [9.17, 15) is 9.59 Å². The number of aromatic nitrogens is 2. The van der Waals surface area contributed by atoms with Crippen molar-refractivity contribution in [2.75, 3.05) is 13.6 Å². The summed E-state index contributed by atoms with van der Waals surface area (Å²) >= 11 is 0. The largest absolute Gasteiger partial charge is 0.369 e. The fourth-order valence-corrected chi connectivity index (χ4v) is 5.84. The van der Waals surface area contributed by atoms with Crippen LogP contribution in [0.25, 0.3) is 23.2 Å². The van der Waals surface area contributed by atoms with Gasteiger partial charge in [-0.2, -0.15) is 0 Å². The Hall–Kier alpha value is -3.93. The van der Waals surface area contributed by atoms with Crippen LogP contribution in [0.4, 0.5) is 0 Å². The fourth-order valence-electron chi connectivity index (χ4n) is 5.84. The average Bonchev–Trinajstić information content (AvgIpc) is 3.55. The van der Waals surface area contributed by atoms with E-state index < -0.39 is 0 Å². The zero-order valence-corrected chi connectivity index (χ0v) is 23.7. The molecule has 1 aliphatic rings. The molecule has 1 fully saturated rings. The van der Waals surface area contributed by atoms with E-state index in [4.69, 9.17) is 0 Å². The van der Waals surface area contributed by atoms with Crippen molar-refractivity contribution in [1.29, 1.82) is 0 Å². The molecule has 6 nitrogen and oxygen atoms in total. The number of aromatic amines is 1. The van der Waals surface area contributed by atoms with E-state index in [2.05, 4.69) is 75.8 Å². The molecule has 4 rings (SSSR count). The highest BCUT2D eigenvalue weighted by atomic mass is 16.1. The molecule has 1 aliphatic heterocycles. The van der Waals surface area contributed by atoms with Gasteiger partial charge in [0.15, 0.2) is 0 Å². The molecule has 2 atom stereocenters. The number of likely N-dealkylation sites (tertiary alicyclic amines) is 1. The summed E-state index contributed by atoms with van der Waals surface area (Å²) in [6, 6.07) is 15.6. The molecule has 2 unspecified atom stereocenters. The third-order valence-corrected chi connectivity index (χ3v) is 8.17. The molecule has 210 valence electrons. The van der Waals surface area contributed by atoms with Crippen LogP contribution in [0.2, 0.25) is 0 Å². The third kappa shape index (κ3) is 7.38. The molecule has 2 aromatic carbocycles. The van der Waals surface area contributed by atoms with Crippen LogP contribution in [0.5, 0.6) is 0 Å². The summed E-state index contributed by atoms with van der Waals surface area (Å²) in [5.74, 6) is 0.720. The molecule has 0 aliphatic carbocycles. The molecule has 1 aromatic heterocycles. The number of benzene rings is 2. The first kappa shape index (κ1) is 29.1. The zero-order valence-electron chi connectivity index (χ0n) is 23.7. The van der Waals surface area contributed by atoms with Gasteiger partial charge >= 0.3 is 0 Å². The number of amides is 1. The summed E-state index contributed by atoms with van der Waals surface area (Å²) < 4.78 is 0. The molecule has 6 heteroatoms. The van der Waals surface area contributed by atoms with E-state index in [-0.39, 0.29) is 11.8 Å². The van der Waals surface area contributed by atoms with Gasteiger partial charge in [-0.05, 0) is 73.6 Å². The Morgan fingerprint density at radius 2 is 2.00 bits per heavy atom. The molecular formula is C34H42N4O2. The normalized spacial score (nSPS) is 15.8. The number of H-pyrrole nitrogens is 1. The van der Waals surface area contributed by atoms with Gasteiger partial charge in [-0.3, -0.25) is 4.79 Å². The van der Waals surface area contributed by atoms with E-state index in [0.717, 1.165) is 60.3 Å². The lowest BCUT2D eigenvalue weighted by Crippen LogP contribution is -2.38. The van der Waals surface area contributed by atoms with Gasteiger partial charge in [0.25, 0.3) is 0 Å². The van der Waals surface area contributed by atoms with Gasteiger partial charge in [-0.25, -0.2) is 4.98 Å². The second-order valence-electron chi connectivity index (χ2n) is 10.7. The monoisotopic (exact) mass is 538 g/mol. The molecule has 0 bridgehead atoms. The highest BCUT2D eigenvalue weighted by molar-refractivity contribution is 5.78. The number of carbonyl (C=O) groups excluding carboxylic acids is 2. The number of aldehydes is 1. The first-order valence-corrected chi connectivity index (χ1v) is 14.5. The quantitative estimate of drug-likeness (QED) is 0.231. The van der Waals surface area contributed by atoms with Gasteiger partial charge in [-0.15, -0.1) is 0 Å². The number of carbonyl (C=O) groups is 2. The number of piperidine rings is 1. The smallest absolute Gasteiger partial charge is 0.222 e. The summed E-state index contributed by atoms with van der Waals surface area (Å²) in [4.78, 5) is 33.2. The van der Waals surface area contributed by atoms with Crippen molar-refractivity contribution in [3.05, 3.63) is 90.3 Å². The minimum atomic E-state index is -0.161. The number of nitrogens with zero attached hydrogens (tertiary/aromatic N) is 2. The predicted octanol–water partition coefficient (Wildman–Crippen LogP) is 6.45. The van der Waals surface area contributed by atoms with Crippen molar-refractivity contribution in [2.24, 2.45) is 5.92 Å². The number of aryl methyl sites for hydroxylation is 2. The average molecular weight is 539 g/mol. The van der Waals surface area contributed by atoms with Gasteiger partial charge in [0, 0.05) is 55.6 Å². The van der Waals surface area contributed by atoms with Crippen LogP contribution >= 0.6 is 0 Å². The zero-order chi connectivity index (χ0) is 28.3. The maximum Gasteiger partial charge on any atom is 0.222 e. The van der Waals surface area contributed by atoms with Crippen LogP contribution in [-0.2, 0) is 22.4 Å². The Labute approximate surface area is 238 Å². The molecular weight excluding hydrogens is 496 g/mol. The summed E-state index contributed by atoms with van der Waals surface area (Å²) in [6.45, 7) is 9.54. The molecule has 3 aromatic rings. The van der Waals surface area contributed by atoms with Crippen molar-refractivity contribution < 1.29 is 9.59 Å². The van der Waals surface area contributed by atoms with Crippen molar-refractivity contribution >= 4 is 24.0 Å². The highest BCUT2D eigenvalue weighted by Gasteiger charge is 2.24. The molecule has 1 saturated heterocycles. The first-order chi connectivity index (χ1) is 19.5. The third-order valence-electron chi connectivity index (χ3n) is 8.17. The summed E-state index contributed by atoms with van der Waals surface area (Å²) in [6.07, 6.45) is 14.5. The van der Waals surface area contributed by atoms with Crippen LogP contribution < -0.4 is 5.32 Å². The van der Waals surface area contributed by atoms with Crippen molar-refractivity contribution in [2.45, 2.75) is 63.8 Å². The molecule has 0 saturated carbocycles. The number of hydrogen-bond donors (Lipinski definition) is 2. The summed E-state index contributed by atoms with van der Waals surface area (Å²) in [5.41, 5.74) is 6.95.